The number of benzene rings is 1. The number of nitrogens with zero attached hydrogens (tertiary/aromatic N) is 1. The molecule has 0 amide bonds. The van der Waals surface area contributed by atoms with Crippen molar-refractivity contribution in [1.29, 1.82) is 0 Å². The fourth-order valence-electron chi connectivity index (χ4n) is 2.34. The molecule has 0 aliphatic rings. The normalized spacial score (nSPS) is 12.0. The molecule has 4 heteroatoms. The SMILES string of the molecule is Cc1nc(COc2ccccc2C(C)C)sc1C(C)(C)N. The standard InChI is InChI=1S/C17H24N2OS/c1-11(2)13-8-6-7-9-14(13)20-10-15-19-12(3)16(21-15)17(4,5)18/h6-9,11H,10,18H2,1-5H3. The molecule has 0 bridgehead atoms. The minimum atomic E-state index is -0.351. The second-order valence-corrected chi connectivity index (χ2v) is 7.31. The molecule has 0 spiro atoms. The van der Waals surface area contributed by atoms with E-state index in [9.17, 15) is 0 Å². The molecule has 2 N–H and O–H groups in total. The number of para-hydroxylation sites is 1. The summed E-state index contributed by atoms with van der Waals surface area (Å²) in [6, 6.07) is 8.18. The van der Waals surface area contributed by atoms with Crippen LogP contribution in [-0.4, -0.2) is 4.98 Å². The number of aryl methyl sites for hydroxylation is 1. The number of rotatable bonds is 5. The predicted molar refractivity (Wildman–Crippen MR) is 88.9 cm³/mol. The first-order chi connectivity index (χ1) is 9.79. The Bertz CT molecular complexity index is 611. The van der Waals surface area contributed by atoms with Gasteiger partial charge in [0.1, 0.15) is 17.4 Å². The fraction of sp³-hybridized carbons (Fsp3) is 0.471. The first-order valence-corrected chi connectivity index (χ1v) is 8.08. The maximum absolute atomic E-state index is 6.17. The van der Waals surface area contributed by atoms with E-state index in [1.807, 2.05) is 39.0 Å². The highest BCUT2D eigenvalue weighted by atomic mass is 32.1. The highest BCUT2D eigenvalue weighted by molar-refractivity contribution is 7.11. The number of hydrogen-bond donors (Lipinski definition) is 1. The minimum absolute atomic E-state index is 0.351. The van der Waals surface area contributed by atoms with E-state index in [2.05, 4.69) is 24.9 Å². The van der Waals surface area contributed by atoms with Gasteiger partial charge < -0.3 is 10.5 Å². The maximum atomic E-state index is 6.17. The van der Waals surface area contributed by atoms with E-state index in [1.165, 1.54) is 5.56 Å². The van der Waals surface area contributed by atoms with Crippen molar-refractivity contribution in [3.63, 3.8) is 0 Å². The van der Waals surface area contributed by atoms with Crippen molar-refractivity contribution >= 4 is 11.3 Å². The third kappa shape index (κ3) is 3.83. The molecule has 0 fully saturated rings. The van der Waals surface area contributed by atoms with Crippen molar-refractivity contribution in [1.82, 2.24) is 4.98 Å². The highest BCUT2D eigenvalue weighted by Crippen LogP contribution is 2.30. The van der Waals surface area contributed by atoms with Gasteiger partial charge in [0.25, 0.3) is 0 Å². The largest absolute Gasteiger partial charge is 0.486 e. The van der Waals surface area contributed by atoms with Crippen molar-refractivity contribution in [2.75, 3.05) is 0 Å². The first-order valence-electron chi connectivity index (χ1n) is 7.26. The van der Waals surface area contributed by atoms with Crippen LogP contribution in [0.1, 0.15) is 54.8 Å². The molecule has 0 atom stereocenters. The molecule has 114 valence electrons. The second-order valence-electron chi connectivity index (χ2n) is 6.23. The lowest BCUT2D eigenvalue weighted by Crippen LogP contribution is -2.28. The quantitative estimate of drug-likeness (QED) is 0.893. The smallest absolute Gasteiger partial charge is 0.140 e. The van der Waals surface area contributed by atoms with E-state index in [-0.39, 0.29) is 5.54 Å². The molecule has 2 aromatic rings. The molecule has 3 nitrogen and oxygen atoms in total. The maximum Gasteiger partial charge on any atom is 0.140 e. The zero-order valence-electron chi connectivity index (χ0n) is 13.4. The molecule has 21 heavy (non-hydrogen) atoms. The number of nitrogens with two attached hydrogens (primary N) is 1. The van der Waals surface area contributed by atoms with E-state index >= 15 is 0 Å². The third-order valence-electron chi connectivity index (χ3n) is 3.32. The van der Waals surface area contributed by atoms with Gasteiger partial charge in [-0.25, -0.2) is 4.98 Å². The summed E-state index contributed by atoms with van der Waals surface area (Å²) in [6.45, 7) is 10.9. The molecule has 2 rings (SSSR count). The molecule has 0 saturated carbocycles. The van der Waals surface area contributed by atoms with Crippen LogP contribution in [0.3, 0.4) is 0 Å². The molecular formula is C17H24N2OS. The molecule has 0 aliphatic heterocycles. The molecule has 0 unspecified atom stereocenters. The van der Waals surface area contributed by atoms with E-state index in [4.69, 9.17) is 10.5 Å². The van der Waals surface area contributed by atoms with Crippen LogP contribution in [0.25, 0.3) is 0 Å². The molecule has 0 aliphatic carbocycles. The average Bonchev–Trinajstić information content (AvgIpc) is 2.78. The Balaban J connectivity index is 2.14. The summed E-state index contributed by atoms with van der Waals surface area (Å²) in [6.07, 6.45) is 0. The van der Waals surface area contributed by atoms with Gasteiger partial charge in [0.2, 0.25) is 0 Å². The van der Waals surface area contributed by atoms with Crippen LogP contribution in [0.5, 0.6) is 5.75 Å². The molecular weight excluding hydrogens is 280 g/mol. The minimum Gasteiger partial charge on any atom is -0.486 e. The fourth-order valence-corrected chi connectivity index (χ4v) is 3.33. The van der Waals surface area contributed by atoms with Crippen molar-refractivity contribution < 1.29 is 4.74 Å². The topological polar surface area (TPSA) is 48.1 Å². The lowest BCUT2D eigenvalue weighted by atomic mass is 10.0. The number of hydrogen-bond acceptors (Lipinski definition) is 4. The van der Waals surface area contributed by atoms with Crippen LogP contribution < -0.4 is 10.5 Å². The Kier molecular flexibility index (Phi) is 4.69. The zero-order chi connectivity index (χ0) is 15.6. The van der Waals surface area contributed by atoms with Crippen molar-refractivity contribution in [2.45, 2.75) is 52.7 Å². The van der Waals surface area contributed by atoms with Gasteiger partial charge in [-0.2, -0.15) is 0 Å². The van der Waals surface area contributed by atoms with E-state index in [0.29, 0.717) is 12.5 Å². The van der Waals surface area contributed by atoms with Crippen LogP contribution in [-0.2, 0) is 12.1 Å². The second kappa shape index (κ2) is 6.16. The summed E-state index contributed by atoms with van der Waals surface area (Å²) >= 11 is 1.64. The Hall–Kier alpha value is -1.39. The monoisotopic (exact) mass is 304 g/mol. The number of aromatic nitrogens is 1. The molecule has 1 aromatic heterocycles. The van der Waals surface area contributed by atoms with Gasteiger partial charge in [-0.05, 0) is 38.3 Å². The zero-order valence-corrected chi connectivity index (χ0v) is 14.3. The first kappa shape index (κ1) is 16.0. The molecule has 1 aromatic carbocycles. The van der Waals surface area contributed by atoms with Crippen molar-refractivity contribution in [3.05, 3.63) is 45.4 Å². The number of thiazole rings is 1. The molecule has 0 saturated heterocycles. The highest BCUT2D eigenvalue weighted by Gasteiger charge is 2.21. The summed E-state index contributed by atoms with van der Waals surface area (Å²) in [7, 11) is 0. The summed E-state index contributed by atoms with van der Waals surface area (Å²) in [5.41, 5.74) is 8.05. The van der Waals surface area contributed by atoms with Gasteiger partial charge in [-0.15, -0.1) is 11.3 Å². The number of ether oxygens (including phenoxy) is 1. The van der Waals surface area contributed by atoms with Crippen LogP contribution in [0.4, 0.5) is 0 Å². The summed E-state index contributed by atoms with van der Waals surface area (Å²) in [4.78, 5) is 5.70. The van der Waals surface area contributed by atoms with Gasteiger partial charge >= 0.3 is 0 Å². The van der Waals surface area contributed by atoms with E-state index in [1.54, 1.807) is 11.3 Å². The average molecular weight is 304 g/mol. The Labute approximate surface area is 131 Å². The van der Waals surface area contributed by atoms with Crippen molar-refractivity contribution in [2.24, 2.45) is 5.73 Å². The van der Waals surface area contributed by atoms with Gasteiger partial charge in [0.05, 0.1) is 5.69 Å². The van der Waals surface area contributed by atoms with Crippen LogP contribution >= 0.6 is 11.3 Å². The van der Waals surface area contributed by atoms with Gasteiger partial charge in [0.15, 0.2) is 0 Å². The third-order valence-corrected chi connectivity index (χ3v) is 4.79. The van der Waals surface area contributed by atoms with Crippen LogP contribution in [0.2, 0.25) is 0 Å². The molecule has 0 radical (unpaired) electrons. The summed E-state index contributed by atoms with van der Waals surface area (Å²) in [5, 5.41) is 0.972. The van der Waals surface area contributed by atoms with E-state index < -0.39 is 0 Å². The Morgan fingerprint density at radius 1 is 1.29 bits per heavy atom. The van der Waals surface area contributed by atoms with Gasteiger partial charge in [-0.1, -0.05) is 32.0 Å². The van der Waals surface area contributed by atoms with Crippen molar-refractivity contribution in [3.8, 4) is 5.75 Å². The summed E-state index contributed by atoms with van der Waals surface area (Å²) in [5.74, 6) is 1.38. The predicted octanol–water partition coefficient (Wildman–Crippen LogP) is 4.35. The lowest BCUT2D eigenvalue weighted by molar-refractivity contribution is 0.301. The summed E-state index contributed by atoms with van der Waals surface area (Å²) < 4.78 is 5.97. The van der Waals surface area contributed by atoms with Crippen LogP contribution in [0.15, 0.2) is 24.3 Å². The van der Waals surface area contributed by atoms with Crippen LogP contribution in [0, 0.1) is 6.92 Å². The Morgan fingerprint density at radius 2 is 1.95 bits per heavy atom. The molecule has 1 heterocycles. The van der Waals surface area contributed by atoms with Gasteiger partial charge in [0, 0.05) is 10.4 Å². The van der Waals surface area contributed by atoms with E-state index in [0.717, 1.165) is 21.3 Å². The lowest BCUT2D eigenvalue weighted by Gasteiger charge is -2.16. The Morgan fingerprint density at radius 3 is 2.52 bits per heavy atom. The van der Waals surface area contributed by atoms with Gasteiger partial charge in [-0.3, -0.25) is 0 Å².